The Morgan fingerprint density at radius 1 is 1.13 bits per heavy atom. The molecule has 1 aliphatic carbocycles. The SMILES string of the molecule is Cl.Cl.[C-]1=CCCC1.[Cl][Ti][Cl].c1cc[cH-]c1. The van der Waals surface area contributed by atoms with Gasteiger partial charge >= 0.3 is 35.6 Å². The van der Waals surface area contributed by atoms with E-state index in [1.807, 2.05) is 30.3 Å². The summed E-state index contributed by atoms with van der Waals surface area (Å²) < 4.78 is 0. The van der Waals surface area contributed by atoms with Crippen LogP contribution in [0.2, 0.25) is 0 Å². The van der Waals surface area contributed by atoms with Gasteiger partial charge in [0.2, 0.25) is 0 Å². The van der Waals surface area contributed by atoms with Gasteiger partial charge in [0.15, 0.2) is 0 Å². The van der Waals surface area contributed by atoms with E-state index in [0.717, 1.165) is 0 Å². The number of hydrogen-bond donors (Lipinski definition) is 0. The molecule has 0 atom stereocenters. The maximum Gasteiger partial charge on any atom is -0.172 e. The van der Waals surface area contributed by atoms with Gasteiger partial charge in [0.25, 0.3) is 0 Å². The Balaban J connectivity index is -0.000000140. The molecule has 0 saturated heterocycles. The van der Waals surface area contributed by atoms with E-state index in [9.17, 15) is 0 Å². The third-order valence-corrected chi connectivity index (χ3v) is 1.37. The second-order valence-corrected chi connectivity index (χ2v) is 4.91. The van der Waals surface area contributed by atoms with Crippen LogP contribution in [-0.4, -0.2) is 0 Å². The zero-order valence-electron chi connectivity index (χ0n) is 8.16. The van der Waals surface area contributed by atoms with Crippen LogP contribution in [0.4, 0.5) is 0 Å². The molecule has 1 aromatic carbocycles. The van der Waals surface area contributed by atoms with E-state index >= 15 is 0 Å². The van der Waals surface area contributed by atoms with Crippen molar-refractivity contribution in [3.05, 3.63) is 42.5 Å². The average Bonchev–Trinajstić information content (AvgIpc) is 2.85. The van der Waals surface area contributed by atoms with E-state index in [0.29, 0.717) is 0 Å². The molecule has 88 valence electrons. The molecule has 0 saturated carbocycles. The zero-order chi connectivity index (χ0) is 9.78. The van der Waals surface area contributed by atoms with E-state index in [2.05, 4.69) is 12.2 Å². The fraction of sp³-hybridized carbons (Fsp3) is 0.300. The van der Waals surface area contributed by atoms with Crippen LogP contribution in [0.1, 0.15) is 19.3 Å². The van der Waals surface area contributed by atoms with Gasteiger partial charge in [-0.3, -0.25) is 6.08 Å². The number of rotatable bonds is 0. The Morgan fingerprint density at radius 2 is 1.67 bits per heavy atom. The molecule has 0 amide bonds. The molecule has 5 heteroatoms. The van der Waals surface area contributed by atoms with Gasteiger partial charge in [0.1, 0.15) is 0 Å². The van der Waals surface area contributed by atoms with Crippen LogP contribution >= 0.6 is 43.4 Å². The Kier molecular flexibility index (Phi) is 28.9. The standard InChI is InChI=1S/C5H7.C5H5.4ClH.Ti/c2*1-2-4-5-3-1;;;;;/h1H,2,4-5H2;1-5H;4*1H;/q2*-1;;;;;+2/p-2. The Hall–Kier alpha value is 0.964. The quantitative estimate of drug-likeness (QED) is 0.457. The molecule has 2 rings (SSSR count). The summed E-state index contributed by atoms with van der Waals surface area (Å²) in [6.45, 7) is 0. The van der Waals surface area contributed by atoms with Gasteiger partial charge < -0.3 is 6.08 Å². The molecule has 0 unspecified atom stereocenters. The minimum absolute atomic E-state index is 0. The van der Waals surface area contributed by atoms with Gasteiger partial charge in [0.05, 0.1) is 0 Å². The fourth-order valence-corrected chi connectivity index (χ4v) is 0.831. The van der Waals surface area contributed by atoms with Crippen molar-refractivity contribution < 1.29 is 17.0 Å². The van der Waals surface area contributed by atoms with Crippen LogP contribution in [0.15, 0.2) is 36.4 Å². The molecule has 0 nitrogen and oxygen atoms in total. The molecule has 1 aliphatic rings. The van der Waals surface area contributed by atoms with Crippen molar-refractivity contribution in [3.63, 3.8) is 0 Å². The molecule has 1 aromatic rings. The van der Waals surface area contributed by atoms with Gasteiger partial charge in [-0.05, 0) is 0 Å². The zero-order valence-corrected chi connectivity index (χ0v) is 12.9. The maximum atomic E-state index is 4.89. The largest absolute Gasteiger partial charge is 0.214 e. The molecule has 0 radical (unpaired) electrons. The van der Waals surface area contributed by atoms with Crippen LogP contribution in [0.25, 0.3) is 0 Å². The first-order chi connectivity index (χ1) is 6.41. The van der Waals surface area contributed by atoms with Crippen LogP contribution in [-0.2, 0) is 17.0 Å². The molecular weight excluding hydrogens is 310 g/mol. The molecule has 0 heterocycles. The summed E-state index contributed by atoms with van der Waals surface area (Å²) in [4.78, 5) is 0. The van der Waals surface area contributed by atoms with Gasteiger partial charge in [-0.25, -0.2) is 12.1 Å². The van der Waals surface area contributed by atoms with Gasteiger partial charge in [0, 0.05) is 0 Å². The average molecular weight is 324 g/mol. The van der Waals surface area contributed by atoms with E-state index in [4.69, 9.17) is 18.6 Å². The van der Waals surface area contributed by atoms with Crippen LogP contribution in [0.5, 0.6) is 0 Å². The summed E-state index contributed by atoms with van der Waals surface area (Å²) in [6, 6.07) is 10.0. The number of hydrogen-bond acceptors (Lipinski definition) is 0. The Labute approximate surface area is 121 Å². The second kappa shape index (κ2) is 20.4. The summed E-state index contributed by atoms with van der Waals surface area (Å²) in [5, 5.41) is 0. The molecule has 0 N–H and O–H groups in total. The number of allylic oxidation sites excluding steroid dienone is 2. The smallest absolute Gasteiger partial charge is 0.172 e. The Bertz CT molecular complexity index is 164. The second-order valence-electron chi connectivity index (χ2n) is 2.33. The van der Waals surface area contributed by atoms with Gasteiger partial charge in [-0.2, -0.15) is 24.6 Å². The molecule has 0 aromatic heterocycles. The van der Waals surface area contributed by atoms with Crippen molar-refractivity contribution in [2.75, 3.05) is 0 Å². The topological polar surface area (TPSA) is 0 Å². The summed E-state index contributed by atoms with van der Waals surface area (Å²) in [6.07, 6.45) is 9.00. The van der Waals surface area contributed by atoms with Gasteiger partial charge in [-0.1, -0.05) is 12.8 Å². The first-order valence-corrected chi connectivity index (χ1v) is 8.39. The minimum atomic E-state index is -0.556. The molecule has 0 aliphatic heterocycles. The first-order valence-electron chi connectivity index (χ1n) is 4.10. The first kappa shape index (κ1) is 21.3. The van der Waals surface area contributed by atoms with Crippen molar-refractivity contribution in [2.45, 2.75) is 19.3 Å². The van der Waals surface area contributed by atoms with Crippen LogP contribution in [0.3, 0.4) is 0 Å². The van der Waals surface area contributed by atoms with E-state index in [1.54, 1.807) is 0 Å². The third kappa shape index (κ3) is 20.9. The van der Waals surface area contributed by atoms with Gasteiger partial charge in [-0.15, -0.1) is 24.8 Å². The van der Waals surface area contributed by atoms with Crippen molar-refractivity contribution >= 4 is 43.4 Å². The predicted molar refractivity (Wildman–Crippen MR) is 69.9 cm³/mol. The summed E-state index contributed by atoms with van der Waals surface area (Å²) >= 11 is -0.556. The van der Waals surface area contributed by atoms with E-state index < -0.39 is 17.0 Å². The van der Waals surface area contributed by atoms with Crippen LogP contribution in [0, 0.1) is 6.08 Å². The summed E-state index contributed by atoms with van der Waals surface area (Å²) in [7, 11) is 9.78. The predicted octanol–water partition coefficient (Wildman–Crippen LogP) is 5.16. The van der Waals surface area contributed by atoms with E-state index in [1.165, 1.54) is 19.3 Å². The molecule has 0 bridgehead atoms. The Morgan fingerprint density at radius 3 is 1.80 bits per heavy atom. The molecular formula is C10H14Cl4Ti-2. The monoisotopic (exact) mass is 322 g/mol. The third-order valence-electron chi connectivity index (χ3n) is 1.37. The summed E-state index contributed by atoms with van der Waals surface area (Å²) in [5.41, 5.74) is 0. The van der Waals surface area contributed by atoms with Crippen molar-refractivity contribution in [3.8, 4) is 0 Å². The maximum absolute atomic E-state index is 4.89. The number of halogens is 4. The fourth-order valence-electron chi connectivity index (χ4n) is 0.831. The van der Waals surface area contributed by atoms with E-state index in [-0.39, 0.29) is 24.8 Å². The van der Waals surface area contributed by atoms with Crippen molar-refractivity contribution in [2.24, 2.45) is 0 Å². The van der Waals surface area contributed by atoms with Crippen molar-refractivity contribution in [1.29, 1.82) is 0 Å². The van der Waals surface area contributed by atoms with Crippen LogP contribution < -0.4 is 0 Å². The molecule has 0 fully saturated rings. The normalized spacial score (nSPS) is 10.5. The van der Waals surface area contributed by atoms with Crippen molar-refractivity contribution in [1.82, 2.24) is 0 Å². The molecule has 0 spiro atoms. The minimum Gasteiger partial charge on any atom is -0.214 e. The summed E-state index contributed by atoms with van der Waals surface area (Å²) in [5.74, 6) is 0. The molecule has 15 heavy (non-hydrogen) atoms.